The van der Waals surface area contributed by atoms with E-state index in [1.54, 1.807) is 0 Å². The van der Waals surface area contributed by atoms with Gasteiger partial charge in [-0.1, -0.05) is 18.2 Å². The Labute approximate surface area is 96.1 Å². The lowest BCUT2D eigenvalue weighted by Crippen LogP contribution is -2.64. The van der Waals surface area contributed by atoms with E-state index >= 15 is 0 Å². The summed E-state index contributed by atoms with van der Waals surface area (Å²) >= 11 is 0. The van der Waals surface area contributed by atoms with Crippen molar-refractivity contribution in [3.05, 3.63) is 35.5 Å². The Balaban J connectivity index is 2.49. The van der Waals surface area contributed by atoms with Crippen LogP contribution in [0.25, 0.3) is 6.08 Å². The van der Waals surface area contributed by atoms with Gasteiger partial charge < -0.3 is 10.6 Å². The fraction of sp³-hybridized carbons (Fsp3) is 0.333. The molecule has 0 bridgehead atoms. The predicted molar refractivity (Wildman–Crippen MR) is 68.0 cm³/mol. The van der Waals surface area contributed by atoms with Crippen LogP contribution in [0.3, 0.4) is 0 Å². The number of likely N-dealkylation sites (N-methyl/N-ethyl adjacent to an activating group) is 3. The van der Waals surface area contributed by atoms with Gasteiger partial charge in [0.2, 0.25) is 0 Å². The fourth-order valence-corrected chi connectivity index (χ4v) is 2.05. The van der Waals surface area contributed by atoms with Gasteiger partial charge in [-0.05, 0) is 31.8 Å². The van der Waals surface area contributed by atoms with Crippen LogP contribution in [0.4, 0.5) is 5.69 Å². The number of anilines is 1. The molecule has 1 aliphatic heterocycles. The summed E-state index contributed by atoms with van der Waals surface area (Å²) in [7, 11) is 5.76. The van der Waals surface area contributed by atoms with Crippen molar-refractivity contribution >= 4 is 11.8 Å². The Morgan fingerprint density at radius 3 is 2.38 bits per heavy atom. The lowest BCUT2D eigenvalue weighted by atomic mass is 10.0. The lowest BCUT2D eigenvalue weighted by molar-refractivity contribution is 0.385. The van der Waals surface area contributed by atoms with Crippen molar-refractivity contribution in [2.24, 2.45) is 0 Å². The van der Waals surface area contributed by atoms with Crippen molar-refractivity contribution in [1.29, 1.82) is 0 Å². The molecule has 16 heavy (non-hydrogen) atoms. The molecular weight excluding hydrogens is 200 g/mol. The summed E-state index contributed by atoms with van der Waals surface area (Å²) < 4.78 is 0. The van der Waals surface area contributed by atoms with Crippen molar-refractivity contribution in [3.63, 3.8) is 0 Å². The molecule has 0 spiro atoms. The molecule has 2 rings (SSSR count). The molecule has 86 valence electrons. The molecule has 4 N–H and O–H groups in total. The van der Waals surface area contributed by atoms with Crippen LogP contribution in [0.15, 0.2) is 30.0 Å². The van der Waals surface area contributed by atoms with Crippen molar-refractivity contribution < 1.29 is 0 Å². The maximum Gasteiger partial charge on any atom is 0.185 e. The molecule has 0 radical (unpaired) electrons. The van der Waals surface area contributed by atoms with Crippen LogP contribution >= 0.6 is 0 Å². The van der Waals surface area contributed by atoms with E-state index < -0.39 is 5.79 Å². The fourth-order valence-electron chi connectivity index (χ4n) is 2.05. The lowest BCUT2D eigenvalue weighted by Gasteiger charge is -2.40. The summed E-state index contributed by atoms with van der Waals surface area (Å²) in [5, 5.41) is 13.2. The summed E-state index contributed by atoms with van der Waals surface area (Å²) in [4.78, 5) is 0. The van der Waals surface area contributed by atoms with E-state index in [-0.39, 0.29) is 0 Å². The Morgan fingerprint density at radius 2 is 1.75 bits per heavy atom. The third-order valence-corrected chi connectivity index (χ3v) is 3.01. The molecule has 0 fully saturated rings. The highest BCUT2D eigenvalue weighted by Gasteiger charge is 2.33. The molecule has 4 heteroatoms. The summed E-state index contributed by atoms with van der Waals surface area (Å²) in [6.45, 7) is 0. The molecule has 0 unspecified atom stereocenters. The molecule has 0 saturated carbocycles. The van der Waals surface area contributed by atoms with E-state index in [1.807, 2.05) is 33.3 Å². The number of benzene rings is 1. The zero-order chi connectivity index (χ0) is 11.6. The number of rotatable bonds is 3. The summed E-state index contributed by atoms with van der Waals surface area (Å²) in [6, 6.07) is 8.23. The van der Waals surface area contributed by atoms with Crippen molar-refractivity contribution in [2.45, 2.75) is 5.79 Å². The van der Waals surface area contributed by atoms with E-state index in [4.69, 9.17) is 0 Å². The first-order chi connectivity index (χ1) is 7.75. The van der Waals surface area contributed by atoms with Gasteiger partial charge in [0.15, 0.2) is 5.79 Å². The molecule has 0 saturated heterocycles. The topological polar surface area (TPSA) is 48.1 Å². The first kappa shape index (κ1) is 11.0. The Morgan fingerprint density at radius 1 is 1.06 bits per heavy atom. The molecule has 0 aliphatic carbocycles. The Hall–Kier alpha value is -1.52. The largest absolute Gasteiger partial charge is 0.387 e. The second-order valence-electron chi connectivity index (χ2n) is 3.77. The van der Waals surface area contributed by atoms with E-state index in [9.17, 15) is 0 Å². The van der Waals surface area contributed by atoms with Gasteiger partial charge in [0.05, 0.1) is 5.70 Å². The van der Waals surface area contributed by atoms with Crippen LogP contribution in [-0.4, -0.2) is 26.9 Å². The average Bonchev–Trinajstić information content (AvgIpc) is 2.36. The van der Waals surface area contributed by atoms with Gasteiger partial charge in [0.25, 0.3) is 0 Å². The maximum absolute atomic E-state index is 3.46. The van der Waals surface area contributed by atoms with E-state index in [1.165, 1.54) is 5.56 Å². The third kappa shape index (κ3) is 1.56. The van der Waals surface area contributed by atoms with E-state index in [0.29, 0.717) is 0 Å². The monoisotopic (exact) mass is 218 g/mol. The minimum atomic E-state index is -0.427. The zero-order valence-electron chi connectivity index (χ0n) is 9.89. The molecule has 0 amide bonds. The molecule has 0 atom stereocenters. The zero-order valence-corrected chi connectivity index (χ0v) is 9.89. The van der Waals surface area contributed by atoms with E-state index in [2.05, 4.69) is 39.5 Å². The number of nitrogens with one attached hydrogen (secondary N) is 4. The first-order valence-electron chi connectivity index (χ1n) is 5.40. The van der Waals surface area contributed by atoms with Gasteiger partial charge in [-0.3, -0.25) is 10.6 Å². The van der Waals surface area contributed by atoms with Gasteiger partial charge in [0, 0.05) is 12.7 Å². The highest BCUT2D eigenvalue weighted by atomic mass is 15.4. The minimum Gasteiger partial charge on any atom is -0.387 e. The molecule has 1 heterocycles. The highest BCUT2D eigenvalue weighted by Crippen LogP contribution is 2.28. The Kier molecular flexibility index (Phi) is 2.85. The summed E-state index contributed by atoms with van der Waals surface area (Å²) in [6.07, 6.45) is 2.14. The molecule has 1 aliphatic rings. The summed E-state index contributed by atoms with van der Waals surface area (Å²) in [5.74, 6) is -0.427. The van der Waals surface area contributed by atoms with Gasteiger partial charge in [-0.25, -0.2) is 0 Å². The predicted octanol–water partition coefficient (Wildman–Crippen LogP) is 0.765. The second-order valence-corrected chi connectivity index (χ2v) is 3.77. The average molecular weight is 218 g/mol. The van der Waals surface area contributed by atoms with Crippen LogP contribution < -0.4 is 21.3 Å². The third-order valence-electron chi connectivity index (χ3n) is 3.01. The van der Waals surface area contributed by atoms with Gasteiger partial charge in [-0.2, -0.15) is 0 Å². The number of hydrogen-bond donors (Lipinski definition) is 4. The molecule has 1 aromatic rings. The minimum absolute atomic E-state index is 0.427. The standard InChI is InChI=1S/C12H18N4/c1-13-11-8-9-6-4-5-7-10(9)16-12(11,14-2)15-3/h4-8,13-16H,1-3H3. The molecular formula is C12H18N4. The maximum atomic E-state index is 3.46. The van der Waals surface area contributed by atoms with Gasteiger partial charge in [0.1, 0.15) is 0 Å². The highest BCUT2D eigenvalue weighted by molar-refractivity contribution is 5.74. The van der Waals surface area contributed by atoms with Crippen LogP contribution in [0.5, 0.6) is 0 Å². The van der Waals surface area contributed by atoms with Crippen LogP contribution in [-0.2, 0) is 0 Å². The van der Waals surface area contributed by atoms with Crippen molar-refractivity contribution in [2.75, 3.05) is 26.5 Å². The number of hydrogen-bond acceptors (Lipinski definition) is 4. The molecule has 4 nitrogen and oxygen atoms in total. The number of fused-ring (bicyclic) bond motifs is 1. The summed E-state index contributed by atoms with van der Waals surface area (Å²) in [5.41, 5.74) is 3.37. The van der Waals surface area contributed by atoms with Crippen LogP contribution in [0, 0.1) is 0 Å². The van der Waals surface area contributed by atoms with Crippen molar-refractivity contribution in [1.82, 2.24) is 16.0 Å². The van der Waals surface area contributed by atoms with Crippen LogP contribution in [0.2, 0.25) is 0 Å². The van der Waals surface area contributed by atoms with E-state index in [0.717, 1.165) is 11.4 Å². The quantitative estimate of drug-likeness (QED) is 0.566. The number of para-hydroxylation sites is 1. The Bertz CT molecular complexity index is 407. The molecule has 0 aromatic heterocycles. The smallest absolute Gasteiger partial charge is 0.185 e. The van der Waals surface area contributed by atoms with Crippen LogP contribution in [0.1, 0.15) is 5.56 Å². The molecule has 1 aromatic carbocycles. The second kappa shape index (κ2) is 4.15. The first-order valence-corrected chi connectivity index (χ1v) is 5.40. The van der Waals surface area contributed by atoms with Gasteiger partial charge in [-0.15, -0.1) is 0 Å². The van der Waals surface area contributed by atoms with Gasteiger partial charge >= 0.3 is 0 Å². The van der Waals surface area contributed by atoms with Crippen molar-refractivity contribution in [3.8, 4) is 0 Å². The normalized spacial score (nSPS) is 17.1. The SMILES string of the molecule is CNC1=Cc2ccccc2NC1(NC)NC.